The third-order valence-corrected chi connectivity index (χ3v) is 4.25. The molecule has 26 heavy (non-hydrogen) atoms. The molecule has 1 atom stereocenters. The van der Waals surface area contributed by atoms with E-state index in [1.54, 1.807) is 19.1 Å². The summed E-state index contributed by atoms with van der Waals surface area (Å²) in [6.07, 6.45) is -0.0610. The number of alkyl halides is 3. The Bertz CT molecular complexity index is 758. The van der Waals surface area contributed by atoms with Crippen LogP contribution >= 0.6 is 0 Å². The van der Waals surface area contributed by atoms with E-state index in [0.717, 1.165) is 25.5 Å². The number of piperidine rings is 1. The molecule has 2 aromatic heterocycles. The van der Waals surface area contributed by atoms with Crippen LogP contribution in [0, 0.1) is 0 Å². The number of rotatable bonds is 4. The molecule has 1 aliphatic heterocycles. The summed E-state index contributed by atoms with van der Waals surface area (Å²) in [5.41, 5.74) is -0.516. The van der Waals surface area contributed by atoms with Crippen LogP contribution in [0.5, 0.6) is 0 Å². The van der Waals surface area contributed by atoms with Gasteiger partial charge >= 0.3 is 12.1 Å². The van der Waals surface area contributed by atoms with Crippen molar-refractivity contribution in [2.24, 2.45) is 0 Å². The predicted molar refractivity (Wildman–Crippen MR) is 87.9 cm³/mol. The number of carbonyl (C=O) groups excluding carboxylic acids is 1. The van der Waals surface area contributed by atoms with Crippen LogP contribution in [-0.2, 0) is 10.9 Å². The van der Waals surface area contributed by atoms with Gasteiger partial charge in [0.15, 0.2) is 5.69 Å². The highest BCUT2D eigenvalue weighted by molar-refractivity contribution is 5.89. The molecule has 0 bridgehead atoms. The van der Waals surface area contributed by atoms with Gasteiger partial charge in [-0.1, -0.05) is 0 Å². The highest BCUT2D eigenvalue weighted by Crippen LogP contribution is 2.30. The molecule has 1 saturated heterocycles. The first-order valence-corrected chi connectivity index (χ1v) is 8.39. The van der Waals surface area contributed by atoms with Gasteiger partial charge < -0.3 is 9.64 Å². The lowest BCUT2D eigenvalue weighted by molar-refractivity contribution is -0.141. The van der Waals surface area contributed by atoms with Crippen molar-refractivity contribution < 1.29 is 22.7 Å². The number of anilines is 1. The van der Waals surface area contributed by atoms with E-state index in [2.05, 4.69) is 10.1 Å². The highest BCUT2D eigenvalue weighted by atomic mass is 19.4. The van der Waals surface area contributed by atoms with E-state index in [4.69, 9.17) is 4.74 Å². The molecule has 0 amide bonds. The van der Waals surface area contributed by atoms with Crippen LogP contribution in [0.4, 0.5) is 19.0 Å². The van der Waals surface area contributed by atoms with Crippen LogP contribution < -0.4 is 4.90 Å². The first-order valence-electron chi connectivity index (χ1n) is 8.39. The minimum atomic E-state index is -4.44. The van der Waals surface area contributed by atoms with Crippen molar-refractivity contribution >= 4 is 11.8 Å². The van der Waals surface area contributed by atoms with Crippen LogP contribution in [0.1, 0.15) is 41.9 Å². The summed E-state index contributed by atoms with van der Waals surface area (Å²) in [5.74, 6) is 0.241. The molecule has 3 heterocycles. The number of carbonyl (C=O) groups is 1. The second-order valence-corrected chi connectivity index (χ2v) is 6.05. The number of pyridine rings is 1. The van der Waals surface area contributed by atoms with Gasteiger partial charge in [0.1, 0.15) is 5.82 Å². The Morgan fingerprint density at radius 3 is 2.77 bits per heavy atom. The minimum absolute atomic E-state index is 0.161. The van der Waals surface area contributed by atoms with Gasteiger partial charge in [0.2, 0.25) is 0 Å². The Morgan fingerprint density at radius 1 is 1.35 bits per heavy atom. The van der Waals surface area contributed by atoms with Crippen molar-refractivity contribution in [3.63, 3.8) is 0 Å². The van der Waals surface area contributed by atoms with Crippen molar-refractivity contribution in [3.05, 3.63) is 41.9 Å². The fourth-order valence-corrected chi connectivity index (χ4v) is 2.98. The van der Waals surface area contributed by atoms with Crippen molar-refractivity contribution in [3.8, 4) is 0 Å². The summed E-state index contributed by atoms with van der Waals surface area (Å²) in [6, 6.07) is 4.19. The summed E-state index contributed by atoms with van der Waals surface area (Å²) < 4.78 is 44.5. The molecule has 1 aliphatic rings. The molecule has 6 nitrogen and oxygen atoms in total. The first kappa shape index (κ1) is 18.2. The summed E-state index contributed by atoms with van der Waals surface area (Å²) in [7, 11) is 0. The zero-order valence-corrected chi connectivity index (χ0v) is 14.2. The summed E-state index contributed by atoms with van der Waals surface area (Å²) >= 11 is 0. The third-order valence-electron chi connectivity index (χ3n) is 4.25. The molecular weight excluding hydrogens is 349 g/mol. The number of aromatic nitrogens is 3. The lowest BCUT2D eigenvalue weighted by atomic mass is 10.1. The Hall–Kier alpha value is -2.58. The molecule has 0 saturated carbocycles. The molecule has 0 aromatic carbocycles. The Balaban J connectivity index is 1.70. The van der Waals surface area contributed by atoms with E-state index in [-0.39, 0.29) is 12.6 Å². The molecule has 140 valence electrons. The quantitative estimate of drug-likeness (QED) is 0.775. The highest BCUT2D eigenvalue weighted by Gasteiger charge is 2.34. The molecule has 0 spiro atoms. The fourth-order valence-electron chi connectivity index (χ4n) is 2.98. The molecule has 9 heteroatoms. The fraction of sp³-hybridized carbons (Fsp3) is 0.471. The van der Waals surface area contributed by atoms with Crippen LogP contribution in [0.15, 0.2) is 30.6 Å². The van der Waals surface area contributed by atoms with Crippen molar-refractivity contribution in [1.29, 1.82) is 0 Å². The first-order chi connectivity index (χ1) is 12.4. The van der Waals surface area contributed by atoms with Gasteiger partial charge in [-0.15, -0.1) is 0 Å². The Labute approximate surface area is 148 Å². The maximum atomic E-state index is 12.7. The van der Waals surface area contributed by atoms with Crippen molar-refractivity contribution in [2.45, 2.75) is 32.0 Å². The SMILES string of the molecule is CCOC(=O)c1ccc(N2CCCC(n3ccc(C(F)(F)F)n3)C2)nc1. The largest absolute Gasteiger partial charge is 0.462 e. The molecule has 1 fully saturated rings. The summed E-state index contributed by atoms with van der Waals surface area (Å²) in [6.45, 7) is 3.27. The normalized spacial score (nSPS) is 18.0. The Morgan fingerprint density at radius 2 is 2.15 bits per heavy atom. The monoisotopic (exact) mass is 368 g/mol. The number of ether oxygens (including phenoxy) is 1. The van der Waals surface area contributed by atoms with E-state index in [9.17, 15) is 18.0 Å². The zero-order valence-electron chi connectivity index (χ0n) is 14.2. The lowest BCUT2D eigenvalue weighted by Gasteiger charge is -2.33. The smallest absolute Gasteiger partial charge is 0.435 e. The van der Waals surface area contributed by atoms with Crippen LogP contribution in [0.25, 0.3) is 0 Å². The van der Waals surface area contributed by atoms with Gasteiger partial charge in [-0.05, 0) is 38.0 Å². The van der Waals surface area contributed by atoms with E-state index < -0.39 is 17.8 Å². The van der Waals surface area contributed by atoms with E-state index in [0.29, 0.717) is 17.9 Å². The average Bonchev–Trinajstić information content (AvgIpc) is 3.13. The van der Waals surface area contributed by atoms with Crippen LogP contribution in [0.3, 0.4) is 0 Å². The summed E-state index contributed by atoms with van der Waals surface area (Å²) in [5, 5.41) is 3.67. The molecule has 1 unspecified atom stereocenters. The molecule has 0 N–H and O–H groups in total. The molecule has 3 rings (SSSR count). The van der Waals surface area contributed by atoms with Crippen LogP contribution in [-0.4, -0.2) is 40.4 Å². The minimum Gasteiger partial charge on any atom is -0.462 e. The van der Waals surface area contributed by atoms with Gasteiger partial charge in [0.25, 0.3) is 0 Å². The average molecular weight is 368 g/mol. The standard InChI is InChI=1S/C17H19F3N4O2/c1-2-26-16(25)12-5-6-15(21-10-12)23-8-3-4-13(11-23)24-9-7-14(22-24)17(18,19)20/h5-7,9-10,13H,2-4,8,11H2,1H3. The van der Waals surface area contributed by atoms with Crippen LogP contribution in [0.2, 0.25) is 0 Å². The van der Waals surface area contributed by atoms with E-state index >= 15 is 0 Å². The van der Waals surface area contributed by atoms with E-state index in [1.807, 2.05) is 4.90 Å². The number of nitrogens with zero attached hydrogens (tertiary/aromatic N) is 4. The molecular formula is C17H19F3N4O2. The van der Waals surface area contributed by atoms with Gasteiger partial charge in [-0.25, -0.2) is 9.78 Å². The van der Waals surface area contributed by atoms with Gasteiger partial charge in [0, 0.05) is 25.5 Å². The third kappa shape index (κ3) is 3.97. The lowest BCUT2D eigenvalue weighted by Crippen LogP contribution is -2.37. The Kier molecular flexibility index (Phi) is 5.15. The number of esters is 1. The van der Waals surface area contributed by atoms with E-state index in [1.165, 1.54) is 17.1 Å². The number of hydrogen-bond acceptors (Lipinski definition) is 5. The maximum absolute atomic E-state index is 12.7. The van der Waals surface area contributed by atoms with Crippen molar-refractivity contribution in [2.75, 3.05) is 24.6 Å². The van der Waals surface area contributed by atoms with Gasteiger partial charge in [-0.3, -0.25) is 4.68 Å². The van der Waals surface area contributed by atoms with Gasteiger partial charge in [0.05, 0.1) is 18.2 Å². The second-order valence-electron chi connectivity index (χ2n) is 6.05. The maximum Gasteiger partial charge on any atom is 0.435 e. The summed E-state index contributed by atoms with van der Waals surface area (Å²) in [4.78, 5) is 18.0. The second kappa shape index (κ2) is 7.35. The molecule has 0 aliphatic carbocycles. The number of halogens is 3. The predicted octanol–water partition coefficient (Wildman–Crippen LogP) is 3.32. The van der Waals surface area contributed by atoms with Crippen molar-refractivity contribution in [1.82, 2.24) is 14.8 Å². The van der Waals surface area contributed by atoms with Gasteiger partial charge in [-0.2, -0.15) is 18.3 Å². The molecule has 0 radical (unpaired) electrons. The zero-order chi connectivity index (χ0) is 18.7. The topological polar surface area (TPSA) is 60.2 Å². The molecule has 2 aromatic rings. The number of hydrogen-bond donors (Lipinski definition) is 0.